The second kappa shape index (κ2) is 12.9. The van der Waals surface area contributed by atoms with Crippen LogP contribution in [-0.2, 0) is 0 Å². The van der Waals surface area contributed by atoms with Gasteiger partial charge in [-0.25, -0.2) is 0 Å². The quantitative estimate of drug-likeness (QED) is 0.421. The Morgan fingerprint density at radius 2 is 1.16 bits per heavy atom. The number of nitrogens with two attached hydrogens (primary N) is 2. The highest BCUT2D eigenvalue weighted by Crippen LogP contribution is 2.29. The van der Waals surface area contributed by atoms with Gasteiger partial charge in [0, 0.05) is 62.6 Å². The van der Waals surface area contributed by atoms with Crippen LogP contribution in [0.5, 0.6) is 17.2 Å². The Bertz CT molecular complexity index is 1430. The lowest BCUT2D eigenvalue weighted by Crippen LogP contribution is -1.94. The van der Waals surface area contributed by atoms with Crippen molar-refractivity contribution < 1.29 is 30.9 Å². The molecule has 4 N–H and O–H groups in total. The van der Waals surface area contributed by atoms with Crippen LogP contribution in [0, 0.1) is 83.1 Å². The molecule has 0 bridgehead atoms. The summed E-state index contributed by atoms with van der Waals surface area (Å²) in [7, 11) is 0. The van der Waals surface area contributed by atoms with E-state index in [0.29, 0.717) is 28.6 Å². The zero-order valence-corrected chi connectivity index (χ0v) is 16.5. The summed E-state index contributed by atoms with van der Waals surface area (Å²) in [4.78, 5) is 0. The maximum Gasteiger partial charge on any atom is 0.150 e. The van der Waals surface area contributed by atoms with Crippen LogP contribution in [0.1, 0.15) is 28.3 Å². The van der Waals surface area contributed by atoms with E-state index in [-0.39, 0.29) is 21.4 Å². The minimum absolute atomic E-state index is 0. The van der Waals surface area contributed by atoms with Gasteiger partial charge in [0.2, 0.25) is 0 Å². The molecule has 0 atom stereocenters. The van der Waals surface area contributed by atoms with E-state index in [1.165, 1.54) is 0 Å². The van der Waals surface area contributed by atoms with Crippen molar-refractivity contribution in [1.82, 2.24) is 0 Å². The monoisotopic (exact) mass is 428 g/mol. The number of anilines is 2. The number of nitrogen functional groups attached to an aromatic ring is 2. The van der Waals surface area contributed by atoms with E-state index in [1.807, 2.05) is 0 Å². The summed E-state index contributed by atoms with van der Waals surface area (Å²) in [6.45, 7) is 1.70. The van der Waals surface area contributed by atoms with Crippen molar-refractivity contribution in [3.05, 3.63) is 42.5 Å². The molecule has 0 aromatic heterocycles. The summed E-state index contributed by atoms with van der Waals surface area (Å²) in [5, 5.41) is 0. The Balaban J connectivity index is -0.0000000569. The maximum absolute atomic E-state index is 5.87. The summed E-state index contributed by atoms with van der Waals surface area (Å²) < 4.78 is 11.0. The Morgan fingerprint density at radius 1 is 0.645 bits per heavy atom. The molecule has 2 aromatic rings. The molecule has 0 aliphatic carbocycles. The highest BCUT2D eigenvalue weighted by molar-refractivity contribution is 5.61. The first kappa shape index (κ1) is 21.9. The topological polar surface area (TPSA) is 70.5 Å². The average Bonchev–Trinajstić information content (AvgIpc) is 2.77. The van der Waals surface area contributed by atoms with Crippen molar-refractivity contribution in [2.75, 3.05) is 11.5 Å². The third kappa shape index (κ3) is 8.86. The van der Waals surface area contributed by atoms with Gasteiger partial charge in [-0.2, -0.15) is 0 Å². The Hall–Kier alpha value is -5.44. The van der Waals surface area contributed by atoms with Crippen LogP contribution in [0.3, 0.4) is 0 Å². The molecule has 0 aliphatic rings. The number of hydrogen-bond acceptors (Lipinski definition) is 4. The molecular weight excluding hydrogens is 384 g/mol. The van der Waals surface area contributed by atoms with Gasteiger partial charge in [-0.05, 0) is 84.9 Å². The van der Waals surface area contributed by atoms with E-state index in [0.717, 1.165) is 0 Å². The fraction of sp³-hybridized carbons (Fsp3) is 0.0370. The lowest BCUT2D eigenvalue weighted by atomic mass is 10.2. The van der Waals surface area contributed by atoms with Gasteiger partial charge in [-0.3, -0.25) is 0 Å². The second-order valence-electron chi connectivity index (χ2n) is 5.32. The van der Waals surface area contributed by atoms with Crippen molar-refractivity contribution in [3.8, 4) is 100 Å². The molecule has 31 heavy (non-hydrogen) atoms. The van der Waals surface area contributed by atoms with Gasteiger partial charge in [0.25, 0.3) is 0 Å². The molecule has 0 saturated carbocycles. The normalized spacial score (nSPS) is 7.26. The second-order valence-corrected chi connectivity index (χ2v) is 5.32. The van der Waals surface area contributed by atoms with Crippen molar-refractivity contribution in [3.63, 3.8) is 0 Å². The predicted molar refractivity (Wildman–Crippen MR) is 154 cm³/mol. The van der Waals surface area contributed by atoms with Gasteiger partial charge in [-0.15, -0.1) is 0 Å². The van der Waals surface area contributed by atoms with E-state index >= 15 is 0 Å². The van der Waals surface area contributed by atoms with Gasteiger partial charge >= 0.3 is 0 Å². The first-order valence-electron chi connectivity index (χ1n) is 8.70. The average molecular weight is 429 g/mol. The minimum atomic E-state index is 0. The van der Waals surface area contributed by atoms with E-state index in [1.54, 1.807) is 49.4 Å². The lowest BCUT2D eigenvalue weighted by molar-refractivity contribution is 0.480. The minimum Gasteiger partial charge on any atom is -0.455 e. The lowest BCUT2D eigenvalue weighted by Gasteiger charge is -2.09. The number of rotatable bonds is 3. The fourth-order valence-electron chi connectivity index (χ4n) is 1.85. The third-order valence-electron chi connectivity index (χ3n) is 3.12. The summed E-state index contributed by atoms with van der Waals surface area (Å²) in [6, 6.07) is 11.9. The van der Waals surface area contributed by atoms with E-state index < -0.39 is 0 Å². The zero-order chi connectivity index (χ0) is 22.2. The molecular formula is C27H44N2O2. The van der Waals surface area contributed by atoms with E-state index in [4.69, 9.17) is 20.9 Å². The van der Waals surface area contributed by atoms with E-state index in [2.05, 4.69) is 83.1 Å². The predicted octanol–water partition coefficient (Wildman–Crippen LogP) is 6.71. The van der Waals surface area contributed by atoms with Gasteiger partial charge in [0.1, 0.15) is 23.4 Å². The van der Waals surface area contributed by atoms with Crippen LogP contribution >= 0.6 is 0 Å². The first-order valence-corrected chi connectivity index (χ1v) is 8.70. The van der Waals surface area contributed by atoms with Gasteiger partial charge in [0.15, 0.2) is 0 Å². The molecule has 2 aromatic carbocycles. The Labute approximate surface area is 204 Å². The van der Waals surface area contributed by atoms with Crippen molar-refractivity contribution >= 4 is 11.4 Å². The van der Waals surface area contributed by atoms with Crippen LogP contribution in [-0.4, -0.2) is 0 Å². The Kier molecular flexibility index (Phi) is 9.07. The number of benzene rings is 2. The molecule has 0 saturated heterocycles. The van der Waals surface area contributed by atoms with Crippen LogP contribution < -0.4 is 20.9 Å². The van der Waals surface area contributed by atoms with Gasteiger partial charge in [-0.1, -0.05) is 5.92 Å². The number of hydrogen-bond donors (Lipinski definition) is 2. The standard InChI is InChI=1S/C27H14N2O2.15H2/c1-2-3-4-5-6-7-8-9-10-11-12-13-14-21-30-24-16-18-25(19-17-24)31-27-20-15-23(28)22-26(27)29;;;;;;;;;;;;;;;/h15-20,22H,28-29H2,1H3;15*1H. The molecule has 4 heteroatoms. The first-order chi connectivity index (χ1) is 15.2. The summed E-state index contributed by atoms with van der Waals surface area (Å²) in [5.41, 5.74) is 12.6. The molecule has 2 rings (SSSR count). The molecule has 0 radical (unpaired) electrons. The molecule has 0 heterocycles. The molecule has 0 unspecified atom stereocenters. The van der Waals surface area contributed by atoms with E-state index in [9.17, 15) is 0 Å². The molecule has 0 fully saturated rings. The maximum atomic E-state index is 5.87. The Morgan fingerprint density at radius 3 is 1.71 bits per heavy atom. The number of ether oxygens (including phenoxy) is 2. The molecule has 174 valence electrons. The van der Waals surface area contributed by atoms with Crippen LogP contribution in [0.25, 0.3) is 0 Å². The largest absolute Gasteiger partial charge is 0.455 e. The third-order valence-corrected chi connectivity index (χ3v) is 3.12. The van der Waals surface area contributed by atoms with Gasteiger partial charge in [0.05, 0.1) is 5.69 Å². The van der Waals surface area contributed by atoms with Crippen molar-refractivity contribution in [2.45, 2.75) is 6.92 Å². The molecule has 0 spiro atoms. The molecule has 0 aliphatic heterocycles. The smallest absolute Gasteiger partial charge is 0.150 e. The van der Waals surface area contributed by atoms with Gasteiger partial charge < -0.3 is 20.9 Å². The molecule has 4 nitrogen and oxygen atoms in total. The SMILES string of the molecule is CC#CC#CC#CC#CC#CC#CC#COc1ccc(Oc2ccc(N)cc2N)cc1.[HH].[HH].[HH].[HH].[HH].[HH].[HH].[HH].[HH].[HH].[HH].[HH].[HH].[HH].[HH]. The van der Waals surface area contributed by atoms with Crippen molar-refractivity contribution in [1.29, 1.82) is 0 Å². The summed E-state index contributed by atoms with van der Waals surface area (Å²) in [6.07, 6.45) is 2.47. The van der Waals surface area contributed by atoms with Crippen molar-refractivity contribution in [2.24, 2.45) is 0 Å². The summed E-state index contributed by atoms with van der Waals surface area (Å²) in [5.74, 6) is 34.7. The van der Waals surface area contributed by atoms with Crippen LogP contribution in [0.4, 0.5) is 11.4 Å². The zero-order valence-electron chi connectivity index (χ0n) is 16.5. The fourth-order valence-corrected chi connectivity index (χ4v) is 1.85. The highest BCUT2D eigenvalue weighted by Gasteiger charge is 2.03. The van der Waals surface area contributed by atoms with Crippen LogP contribution in [0.2, 0.25) is 0 Å². The molecule has 0 amide bonds. The summed E-state index contributed by atoms with van der Waals surface area (Å²) >= 11 is 0. The van der Waals surface area contributed by atoms with Crippen LogP contribution in [0.15, 0.2) is 42.5 Å². The highest BCUT2D eigenvalue weighted by atomic mass is 16.5.